The number of H-pyrrole nitrogens is 1. The van der Waals surface area contributed by atoms with Gasteiger partial charge in [-0.15, -0.1) is 0 Å². The fraction of sp³-hybridized carbons (Fsp3) is 0.211. The van der Waals surface area contributed by atoms with E-state index in [1.165, 1.54) is 27.6 Å². The molecule has 0 aliphatic carbocycles. The molecule has 0 aliphatic heterocycles. The molecule has 2 aromatic carbocycles. The summed E-state index contributed by atoms with van der Waals surface area (Å²) in [4.78, 5) is 8.11. The van der Waals surface area contributed by atoms with Crippen molar-refractivity contribution in [3.63, 3.8) is 0 Å². The fourth-order valence-electron chi connectivity index (χ4n) is 2.73. The zero-order chi connectivity index (χ0) is 14.8. The van der Waals surface area contributed by atoms with Crippen LogP contribution in [-0.4, -0.2) is 10.7 Å². The Kier molecular flexibility index (Phi) is 3.61. The molecule has 2 nitrogen and oxygen atoms in total. The van der Waals surface area contributed by atoms with Gasteiger partial charge in [-0.2, -0.15) is 0 Å². The molecular weight excluding hydrogens is 256 g/mol. The lowest BCUT2D eigenvalue weighted by atomic mass is 10.1. The molecule has 0 radical (unpaired) electrons. The van der Waals surface area contributed by atoms with Gasteiger partial charge in [0, 0.05) is 29.2 Å². The van der Waals surface area contributed by atoms with Gasteiger partial charge in [-0.3, -0.25) is 4.99 Å². The number of aliphatic imine (C=N–C) groups is 1. The molecule has 1 heterocycles. The normalized spacial score (nSPS) is 12.0. The molecular formula is C19H20N2. The molecule has 0 fully saturated rings. The number of para-hydroxylation sites is 1. The molecule has 0 unspecified atom stereocenters. The summed E-state index contributed by atoms with van der Waals surface area (Å²) in [6.07, 6.45) is 2.96. The first-order chi connectivity index (χ1) is 10.1. The molecule has 0 atom stereocenters. The molecule has 1 aromatic heterocycles. The Labute approximate surface area is 125 Å². The number of hydrogen-bond acceptors (Lipinski definition) is 1. The number of hydrogen-bond donors (Lipinski definition) is 1. The summed E-state index contributed by atoms with van der Waals surface area (Å²) in [6.45, 7) is 6.32. The van der Waals surface area contributed by atoms with Crippen LogP contribution >= 0.6 is 0 Å². The minimum atomic E-state index is 0.872. The lowest BCUT2D eigenvalue weighted by molar-refractivity contribution is 1.28. The summed E-state index contributed by atoms with van der Waals surface area (Å²) in [7, 11) is 0. The lowest BCUT2D eigenvalue weighted by Crippen LogP contribution is -1.96. The minimum absolute atomic E-state index is 0.872. The monoisotopic (exact) mass is 276 g/mol. The number of rotatable bonds is 3. The van der Waals surface area contributed by atoms with Crippen LogP contribution in [0.4, 0.5) is 5.69 Å². The van der Waals surface area contributed by atoms with E-state index < -0.39 is 0 Å². The van der Waals surface area contributed by atoms with Gasteiger partial charge in [0.1, 0.15) is 0 Å². The molecule has 0 saturated carbocycles. The van der Waals surface area contributed by atoms with Crippen molar-refractivity contribution in [2.45, 2.75) is 27.2 Å². The number of aryl methyl sites for hydroxylation is 2. The molecule has 0 bridgehead atoms. The van der Waals surface area contributed by atoms with E-state index in [9.17, 15) is 0 Å². The number of fused-ring (bicyclic) bond motifs is 1. The quantitative estimate of drug-likeness (QED) is 0.643. The second kappa shape index (κ2) is 5.57. The highest BCUT2D eigenvalue weighted by molar-refractivity contribution is 5.92. The van der Waals surface area contributed by atoms with Gasteiger partial charge in [0.25, 0.3) is 0 Å². The van der Waals surface area contributed by atoms with Crippen molar-refractivity contribution in [2.24, 2.45) is 4.99 Å². The molecule has 3 rings (SSSR count). The Balaban J connectivity index is 1.88. The number of nitrogens with one attached hydrogen (secondary N) is 1. The average molecular weight is 276 g/mol. The largest absolute Gasteiger partial charge is 0.361 e. The summed E-state index contributed by atoms with van der Waals surface area (Å²) >= 11 is 0. The highest BCUT2D eigenvalue weighted by atomic mass is 14.7. The van der Waals surface area contributed by atoms with Crippen LogP contribution in [0.15, 0.2) is 53.7 Å². The fourth-order valence-corrected chi connectivity index (χ4v) is 2.73. The number of aromatic amines is 1. The SMILES string of the molecule is CC(Cc1c[nH]c2ccccc12)=Nc1ccc(C)cc1C. The van der Waals surface area contributed by atoms with Crippen molar-refractivity contribution in [3.05, 3.63) is 65.4 Å². The van der Waals surface area contributed by atoms with Crippen LogP contribution in [0.2, 0.25) is 0 Å². The molecule has 0 amide bonds. The summed E-state index contributed by atoms with van der Waals surface area (Å²) in [5.41, 5.74) is 7.20. The van der Waals surface area contributed by atoms with Crippen LogP contribution in [0.3, 0.4) is 0 Å². The van der Waals surface area contributed by atoms with E-state index >= 15 is 0 Å². The van der Waals surface area contributed by atoms with Crippen molar-refractivity contribution in [3.8, 4) is 0 Å². The maximum atomic E-state index is 4.78. The maximum Gasteiger partial charge on any atom is 0.0658 e. The van der Waals surface area contributed by atoms with Crippen molar-refractivity contribution < 1.29 is 0 Å². The zero-order valence-electron chi connectivity index (χ0n) is 12.8. The Hall–Kier alpha value is -2.35. The Morgan fingerprint density at radius 1 is 1.10 bits per heavy atom. The van der Waals surface area contributed by atoms with E-state index in [4.69, 9.17) is 4.99 Å². The van der Waals surface area contributed by atoms with Gasteiger partial charge in [0.15, 0.2) is 0 Å². The molecule has 1 N–H and O–H groups in total. The van der Waals surface area contributed by atoms with E-state index in [1.807, 2.05) is 0 Å². The zero-order valence-corrected chi connectivity index (χ0v) is 12.8. The topological polar surface area (TPSA) is 28.1 Å². The number of nitrogens with zero attached hydrogens (tertiary/aromatic N) is 1. The molecule has 3 aromatic rings. The lowest BCUT2D eigenvalue weighted by Gasteiger charge is -2.04. The van der Waals surface area contributed by atoms with Crippen molar-refractivity contribution in [1.29, 1.82) is 0 Å². The van der Waals surface area contributed by atoms with Gasteiger partial charge in [-0.05, 0) is 44.0 Å². The Morgan fingerprint density at radius 2 is 1.90 bits per heavy atom. The molecule has 0 spiro atoms. The van der Waals surface area contributed by atoms with Crippen LogP contribution in [0.25, 0.3) is 10.9 Å². The van der Waals surface area contributed by atoms with Gasteiger partial charge >= 0.3 is 0 Å². The summed E-state index contributed by atoms with van der Waals surface area (Å²) in [5, 5.41) is 1.28. The number of aromatic nitrogens is 1. The standard InChI is InChI=1S/C19H20N2/c1-13-8-9-18(14(2)10-13)21-15(3)11-16-12-20-19-7-5-4-6-17(16)19/h4-10,12,20H,11H2,1-3H3. The first kappa shape index (κ1) is 13.6. The molecule has 106 valence electrons. The van der Waals surface area contributed by atoms with Crippen molar-refractivity contribution in [1.82, 2.24) is 4.98 Å². The summed E-state index contributed by atoms with van der Waals surface area (Å²) in [5.74, 6) is 0. The highest BCUT2D eigenvalue weighted by Gasteiger charge is 2.05. The second-order valence-corrected chi connectivity index (χ2v) is 5.67. The predicted molar refractivity (Wildman–Crippen MR) is 90.7 cm³/mol. The van der Waals surface area contributed by atoms with E-state index in [-0.39, 0.29) is 0 Å². The van der Waals surface area contributed by atoms with Gasteiger partial charge in [0.05, 0.1) is 5.69 Å². The van der Waals surface area contributed by atoms with Crippen LogP contribution in [-0.2, 0) is 6.42 Å². The van der Waals surface area contributed by atoms with Crippen LogP contribution in [0, 0.1) is 13.8 Å². The van der Waals surface area contributed by atoms with Crippen molar-refractivity contribution in [2.75, 3.05) is 0 Å². The summed E-state index contributed by atoms with van der Waals surface area (Å²) < 4.78 is 0. The number of benzene rings is 2. The van der Waals surface area contributed by atoms with Gasteiger partial charge in [-0.1, -0.05) is 35.9 Å². The Bertz CT molecular complexity index is 809. The van der Waals surface area contributed by atoms with E-state index in [0.29, 0.717) is 0 Å². The third-order valence-electron chi connectivity index (χ3n) is 3.78. The van der Waals surface area contributed by atoms with Crippen LogP contribution in [0.5, 0.6) is 0 Å². The smallest absolute Gasteiger partial charge is 0.0658 e. The molecule has 2 heteroatoms. The van der Waals surface area contributed by atoms with E-state index in [0.717, 1.165) is 17.8 Å². The summed E-state index contributed by atoms with van der Waals surface area (Å²) in [6, 6.07) is 14.8. The third kappa shape index (κ3) is 2.89. The third-order valence-corrected chi connectivity index (χ3v) is 3.78. The first-order valence-electron chi connectivity index (χ1n) is 7.30. The first-order valence-corrected chi connectivity index (χ1v) is 7.30. The Morgan fingerprint density at radius 3 is 2.71 bits per heavy atom. The maximum absolute atomic E-state index is 4.78. The van der Waals surface area contributed by atoms with Crippen LogP contribution < -0.4 is 0 Å². The second-order valence-electron chi connectivity index (χ2n) is 5.67. The minimum Gasteiger partial charge on any atom is -0.361 e. The predicted octanol–water partition coefficient (Wildman–Crippen LogP) is 5.12. The van der Waals surface area contributed by atoms with Crippen LogP contribution in [0.1, 0.15) is 23.6 Å². The highest BCUT2D eigenvalue weighted by Crippen LogP contribution is 2.22. The molecule has 0 aliphatic rings. The average Bonchev–Trinajstić information content (AvgIpc) is 2.85. The van der Waals surface area contributed by atoms with E-state index in [2.05, 4.69) is 74.4 Å². The molecule has 0 saturated heterocycles. The van der Waals surface area contributed by atoms with Gasteiger partial charge in [0.2, 0.25) is 0 Å². The molecule has 21 heavy (non-hydrogen) atoms. The van der Waals surface area contributed by atoms with Gasteiger partial charge < -0.3 is 4.98 Å². The van der Waals surface area contributed by atoms with Gasteiger partial charge in [-0.25, -0.2) is 0 Å². The van der Waals surface area contributed by atoms with Crippen molar-refractivity contribution >= 4 is 22.3 Å². The van der Waals surface area contributed by atoms with E-state index in [1.54, 1.807) is 0 Å².